The van der Waals surface area contributed by atoms with Crippen molar-refractivity contribution < 1.29 is 14.4 Å². The smallest absolute Gasteiger partial charge is 0.272 e. The van der Waals surface area contributed by atoms with Gasteiger partial charge in [-0.15, -0.1) is 11.8 Å². The molecule has 0 saturated carbocycles. The summed E-state index contributed by atoms with van der Waals surface area (Å²) < 4.78 is 0. The topological polar surface area (TPSA) is 87.3 Å². The zero-order valence-electron chi connectivity index (χ0n) is 19.1. The second-order valence-corrected chi connectivity index (χ2v) is 9.45. The van der Waals surface area contributed by atoms with Crippen LogP contribution < -0.4 is 16.0 Å². The molecule has 0 unspecified atom stereocenters. The van der Waals surface area contributed by atoms with Gasteiger partial charge in [0.1, 0.15) is 5.70 Å². The summed E-state index contributed by atoms with van der Waals surface area (Å²) in [6, 6.07) is 27.1. The van der Waals surface area contributed by atoms with Crippen molar-refractivity contribution in [2.24, 2.45) is 0 Å². The molecule has 8 heteroatoms. The molecule has 0 bridgehead atoms. The average Bonchev–Trinajstić information content (AvgIpc) is 3.42. The monoisotopic (exact) mass is 513 g/mol. The van der Waals surface area contributed by atoms with Gasteiger partial charge in [-0.05, 0) is 70.9 Å². The minimum atomic E-state index is -0.450. The number of nitrogens with one attached hydrogen (secondary N) is 3. The van der Waals surface area contributed by atoms with Crippen LogP contribution in [0.15, 0.2) is 112 Å². The van der Waals surface area contributed by atoms with E-state index in [1.54, 1.807) is 48.5 Å². The number of anilines is 2. The van der Waals surface area contributed by atoms with Gasteiger partial charge in [0.25, 0.3) is 11.8 Å². The van der Waals surface area contributed by atoms with Gasteiger partial charge in [0.05, 0.1) is 5.75 Å². The first-order chi connectivity index (χ1) is 17.6. The molecule has 3 amide bonds. The van der Waals surface area contributed by atoms with Crippen LogP contribution in [0.5, 0.6) is 0 Å². The number of carbonyl (C=O) groups excluding carboxylic acids is 3. The van der Waals surface area contributed by atoms with Crippen molar-refractivity contribution in [3.8, 4) is 0 Å². The number of carbonyl (C=O) groups is 3. The van der Waals surface area contributed by atoms with Gasteiger partial charge in [-0.1, -0.05) is 42.5 Å². The Balaban J connectivity index is 1.41. The second-order valence-electron chi connectivity index (χ2n) is 7.62. The van der Waals surface area contributed by atoms with Gasteiger partial charge in [0, 0.05) is 21.8 Å². The van der Waals surface area contributed by atoms with E-state index < -0.39 is 5.91 Å². The van der Waals surface area contributed by atoms with E-state index in [1.165, 1.54) is 23.1 Å². The van der Waals surface area contributed by atoms with Gasteiger partial charge in [0.15, 0.2) is 0 Å². The number of thiophene rings is 1. The van der Waals surface area contributed by atoms with E-state index in [-0.39, 0.29) is 23.3 Å². The van der Waals surface area contributed by atoms with Crippen LogP contribution in [0.2, 0.25) is 0 Å². The first-order valence-corrected chi connectivity index (χ1v) is 13.0. The minimum absolute atomic E-state index is 0.120. The van der Waals surface area contributed by atoms with Gasteiger partial charge in [-0.3, -0.25) is 14.4 Å². The molecular weight excluding hydrogens is 490 g/mol. The van der Waals surface area contributed by atoms with Gasteiger partial charge in [0.2, 0.25) is 5.91 Å². The van der Waals surface area contributed by atoms with Crippen molar-refractivity contribution in [1.82, 2.24) is 5.32 Å². The first kappa shape index (κ1) is 25.0. The molecule has 0 atom stereocenters. The highest BCUT2D eigenvalue weighted by molar-refractivity contribution is 8.00. The van der Waals surface area contributed by atoms with Crippen LogP contribution in [0.25, 0.3) is 6.08 Å². The van der Waals surface area contributed by atoms with Crippen molar-refractivity contribution in [3.63, 3.8) is 0 Å². The maximum Gasteiger partial charge on any atom is 0.272 e. The Morgan fingerprint density at radius 2 is 1.53 bits per heavy atom. The molecule has 0 saturated heterocycles. The number of amides is 3. The molecule has 0 aliphatic carbocycles. The highest BCUT2D eigenvalue weighted by Gasteiger charge is 2.15. The summed E-state index contributed by atoms with van der Waals surface area (Å²) in [4.78, 5) is 38.9. The fourth-order valence-corrected chi connectivity index (χ4v) is 4.57. The fourth-order valence-electron chi connectivity index (χ4n) is 3.20. The van der Waals surface area contributed by atoms with Crippen molar-refractivity contribution >= 4 is 58.3 Å². The highest BCUT2D eigenvalue weighted by Crippen LogP contribution is 2.22. The zero-order valence-corrected chi connectivity index (χ0v) is 20.8. The second kappa shape index (κ2) is 12.5. The quantitative estimate of drug-likeness (QED) is 0.192. The Kier molecular flexibility index (Phi) is 8.69. The molecule has 180 valence electrons. The van der Waals surface area contributed by atoms with E-state index in [4.69, 9.17) is 0 Å². The van der Waals surface area contributed by atoms with Crippen molar-refractivity contribution in [3.05, 3.63) is 119 Å². The van der Waals surface area contributed by atoms with Crippen LogP contribution in [0.3, 0.4) is 0 Å². The summed E-state index contributed by atoms with van der Waals surface area (Å²) in [5.41, 5.74) is 2.69. The molecular formula is C28H23N3O3S2. The van der Waals surface area contributed by atoms with Gasteiger partial charge < -0.3 is 16.0 Å². The molecule has 0 aliphatic rings. The van der Waals surface area contributed by atoms with E-state index in [2.05, 4.69) is 16.0 Å². The first-order valence-electron chi connectivity index (χ1n) is 11.1. The van der Waals surface area contributed by atoms with E-state index in [1.807, 2.05) is 59.3 Å². The fraction of sp³-hybridized carbons (Fsp3) is 0.0357. The Bertz CT molecular complexity index is 1360. The maximum atomic E-state index is 13.1. The molecule has 0 aliphatic heterocycles. The number of hydrogen-bond acceptors (Lipinski definition) is 5. The molecule has 0 spiro atoms. The Labute approximate surface area is 217 Å². The maximum absolute atomic E-state index is 13.1. The number of para-hydroxylation sites is 1. The minimum Gasteiger partial charge on any atom is -0.325 e. The predicted molar refractivity (Wildman–Crippen MR) is 147 cm³/mol. The third-order valence-electron chi connectivity index (χ3n) is 4.90. The van der Waals surface area contributed by atoms with E-state index in [9.17, 15) is 14.4 Å². The van der Waals surface area contributed by atoms with Gasteiger partial charge in [-0.2, -0.15) is 11.3 Å². The zero-order chi connectivity index (χ0) is 25.2. The van der Waals surface area contributed by atoms with Crippen molar-refractivity contribution in [2.45, 2.75) is 4.90 Å². The Hall–Kier alpha value is -4.14. The molecule has 3 aromatic carbocycles. The largest absolute Gasteiger partial charge is 0.325 e. The molecule has 6 nitrogen and oxygen atoms in total. The molecule has 0 fully saturated rings. The summed E-state index contributed by atoms with van der Waals surface area (Å²) in [6.45, 7) is 0. The van der Waals surface area contributed by atoms with E-state index in [0.29, 0.717) is 11.3 Å². The van der Waals surface area contributed by atoms with Gasteiger partial charge >= 0.3 is 0 Å². The molecule has 4 aromatic rings. The normalized spacial score (nSPS) is 10.9. The lowest BCUT2D eigenvalue weighted by Gasteiger charge is -2.12. The summed E-state index contributed by atoms with van der Waals surface area (Å²) in [7, 11) is 0. The lowest BCUT2D eigenvalue weighted by molar-refractivity contribution is -0.114. The summed E-state index contributed by atoms with van der Waals surface area (Å²) in [6.07, 6.45) is 1.64. The van der Waals surface area contributed by atoms with E-state index >= 15 is 0 Å². The third-order valence-corrected chi connectivity index (χ3v) is 6.60. The predicted octanol–water partition coefficient (Wildman–Crippen LogP) is 5.89. The molecule has 0 radical (unpaired) electrons. The lowest BCUT2D eigenvalue weighted by Crippen LogP contribution is -2.30. The molecule has 36 heavy (non-hydrogen) atoms. The average molecular weight is 514 g/mol. The van der Waals surface area contributed by atoms with Gasteiger partial charge in [-0.25, -0.2) is 0 Å². The summed E-state index contributed by atoms with van der Waals surface area (Å²) in [5, 5.41) is 12.2. The molecule has 1 heterocycles. The number of hydrogen-bond donors (Lipinski definition) is 3. The van der Waals surface area contributed by atoms with Crippen LogP contribution in [0, 0.1) is 0 Å². The molecule has 1 aromatic heterocycles. The Morgan fingerprint density at radius 1 is 0.806 bits per heavy atom. The van der Waals surface area contributed by atoms with Crippen LogP contribution in [-0.2, 0) is 9.59 Å². The number of thioether (sulfide) groups is 1. The van der Waals surface area contributed by atoms with E-state index in [0.717, 1.165) is 16.1 Å². The molecule has 4 rings (SSSR count). The Morgan fingerprint density at radius 3 is 2.25 bits per heavy atom. The number of rotatable bonds is 9. The summed E-state index contributed by atoms with van der Waals surface area (Å²) in [5.74, 6) is -0.719. The van der Waals surface area contributed by atoms with Crippen LogP contribution in [-0.4, -0.2) is 23.5 Å². The van der Waals surface area contributed by atoms with Crippen LogP contribution >= 0.6 is 23.1 Å². The highest BCUT2D eigenvalue weighted by atomic mass is 32.2. The lowest BCUT2D eigenvalue weighted by atomic mass is 10.2. The SMILES string of the molecule is O=C(CSc1cccc(NC(=O)/C(=C/c2ccsc2)NC(=O)c2ccccc2)c1)Nc1ccccc1. The summed E-state index contributed by atoms with van der Waals surface area (Å²) >= 11 is 2.86. The van der Waals surface area contributed by atoms with Crippen molar-refractivity contribution in [2.75, 3.05) is 16.4 Å². The third kappa shape index (κ3) is 7.43. The molecule has 3 N–H and O–H groups in total. The standard InChI is InChI=1S/C28H23N3O3S2/c32-26(29-22-10-5-2-6-11-22)19-36-24-13-7-12-23(17-24)30-28(34)25(16-20-14-15-35-18-20)31-27(33)21-8-3-1-4-9-21/h1-18H,19H2,(H,29,32)(H,30,34)(H,31,33)/b25-16-. The van der Waals surface area contributed by atoms with Crippen molar-refractivity contribution in [1.29, 1.82) is 0 Å². The number of benzene rings is 3. The van der Waals surface area contributed by atoms with Crippen LogP contribution in [0.1, 0.15) is 15.9 Å². The van der Waals surface area contributed by atoms with Crippen LogP contribution in [0.4, 0.5) is 11.4 Å².